The van der Waals surface area contributed by atoms with Crippen molar-refractivity contribution in [2.45, 2.75) is 33.7 Å². The van der Waals surface area contributed by atoms with Crippen molar-refractivity contribution in [3.8, 4) is 11.5 Å². The molecule has 1 amide bonds. The van der Waals surface area contributed by atoms with E-state index in [1.165, 1.54) is 6.26 Å². The van der Waals surface area contributed by atoms with Crippen molar-refractivity contribution in [1.29, 1.82) is 0 Å². The van der Waals surface area contributed by atoms with Gasteiger partial charge >= 0.3 is 0 Å². The average Bonchev–Trinajstić information content (AvgIpc) is 3.19. The highest BCUT2D eigenvalue weighted by Crippen LogP contribution is 2.30. The van der Waals surface area contributed by atoms with E-state index in [4.69, 9.17) is 18.9 Å². The van der Waals surface area contributed by atoms with Crippen molar-refractivity contribution in [2.24, 2.45) is 4.99 Å². The summed E-state index contributed by atoms with van der Waals surface area (Å²) in [5.41, 5.74) is 3.08. The fraction of sp³-hybridized carbons (Fsp3) is 0.478. The van der Waals surface area contributed by atoms with Crippen LogP contribution in [0.3, 0.4) is 0 Å². The number of hydrogen-bond acceptors (Lipinski definition) is 5. The molecule has 0 aliphatic carbocycles. The van der Waals surface area contributed by atoms with Gasteiger partial charge in [0.1, 0.15) is 0 Å². The molecule has 0 saturated carbocycles. The van der Waals surface area contributed by atoms with Gasteiger partial charge < -0.3 is 29.4 Å². The molecule has 2 rings (SSSR count). The van der Waals surface area contributed by atoms with E-state index in [2.05, 4.69) is 22.5 Å². The standard InChI is InChI=1S/C23H34N4O4/c1-7-24-23(26-11-8-10-25-22(28)21-16(2)9-12-31-21)27(4)15-18-14-20(30-6)19(29-5)13-17(18)3/h9,12-14H,7-8,10-11,15H2,1-6H3,(H,24,26)(H,25,28). The fourth-order valence-corrected chi connectivity index (χ4v) is 3.14. The van der Waals surface area contributed by atoms with E-state index in [0.29, 0.717) is 31.1 Å². The molecule has 0 aliphatic rings. The number of methoxy groups -OCH3 is 2. The van der Waals surface area contributed by atoms with Crippen LogP contribution in [0.15, 0.2) is 33.9 Å². The maximum absolute atomic E-state index is 12.1. The predicted octanol–water partition coefficient (Wildman–Crippen LogP) is 3.13. The molecule has 0 fully saturated rings. The Morgan fingerprint density at radius 2 is 1.84 bits per heavy atom. The molecule has 31 heavy (non-hydrogen) atoms. The first-order valence-electron chi connectivity index (χ1n) is 10.4. The summed E-state index contributed by atoms with van der Waals surface area (Å²) >= 11 is 0. The lowest BCUT2D eigenvalue weighted by molar-refractivity contribution is 0.0925. The summed E-state index contributed by atoms with van der Waals surface area (Å²) in [4.78, 5) is 18.9. The SMILES string of the molecule is CCNC(=NCCCNC(=O)c1occc1C)N(C)Cc1cc(OC)c(OC)cc1C. The molecule has 0 atom stereocenters. The normalized spacial score (nSPS) is 11.2. The van der Waals surface area contributed by atoms with Crippen LogP contribution in [0.4, 0.5) is 0 Å². The average molecular weight is 431 g/mol. The molecular weight excluding hydrogens is 396 g/mol. The van der Waals surface area contributed by atoms with Crippen LogP contribution >= 0.6 is 0 Å². The van der Waals surface area contributed by atoms with E-state index in [0.717, 1.165) is 41.4 Å². The third-order valence-electron chi connectivity index (χ3n) is 4.90. The summed E-state index contributed by atoms with van der Waals surface area (Å²) in [7, 11) is 5.27. The highest BCUT2D eigenvalue weighted by molar-refractivity contribution is 5.92. The van der Waals surface area contributed by atoms with Crippen LogP contribution in [-0.4, -0.2) is 57.7 Å². The van der Waals surface area contributed by atoms with Crippen molar-refractivity contribution in [3.05, 3.63) is 46.9 Å². The van der Waals surface area contributed by atoms with Crippen LogP contribution in [0.1, 0.15) is 40.6 Å². The van der Waals surface area contributed by atoms with Crippen LogP contribution in [0.25, 0.3) is 0 Å². The van der Waals surface area contributed by atoms with Gasteiger partial charge in [-0.25, -0.2) is 0 Å². The van der Waals surface area contributed by atoms with Gasteiger partial charge in [0.2, 0.25) is 0 Å². The Bertz CT molecular complexity index is 892. The van der Waals surface area contributed by atoms with E-state index in [9.17, 15) is 4.79 Å². The summed E-state index contributed by atoms with van der Waals surface area (Å²) in [5, 5.41) is 6.19. The zero-order chi connectivity index (χ0) is 22.8. The van der Waals surface area contributed by atoms with E-state index in [1.807, 2.05) is 33.0 Å². The third-order valence-corrected chi connectivity index (χ3v) is 4.90. The van der Waals surface area contributed by atoms with Crippen LogP contribution in [0.2, 0.25) is 0 Å². The minimum absolute atomic E-state index is 0.195. The van der Waals surface area contributed by atoms with Crippen LogP contribution in [0, 0.1) is 13.8 Å². The minimum Gasteiger partial charge on any atom is -0.493 e. The number of hydrogen-bond donors (Lipinski definition) is 2. The minimum atomic E-state index is -0.195. The highest BCUT2D eigenvalue weighted by atomic mass is 16.5. The quantitative estimate of drug-likeness (QED) is 0.342. The Hall–Kier alpha value is -3.16. The molecule has 0 aliphatic heterocycles. The van der Waals surface area contributed by atoms with E-state index in [1.54, 1.807) is 20.3 Å². The summed E-state index contributed by atoms with van der Waals surface area (Å²) in [6.45, 7) is 8.50. The van der Waals surface area contributed by atoms with Crippen LogP contribution in [0.5, 0.6) is 11.5 Å². The van der Waals surface area contributed by atoms with E-state index < -0.39 is 0 Å². The molecule has 0 radical (unpaired) electrons. The maximum Gasteiger partial charge on any atom is 0.287 e. The number of aryl methyl sites for hydroxylation is 2. The van der Waals surface area contributed by atoms with Gasteiger partial charge in [-0.05, 0) is 56.5 Å². The summed E-state index contributed by atoms with van der Waals surface area (Å²) in [6, 6.07) is 5.76. The zero-order valence-corrected chi connectivity index (χ0v) is 19.4. The topological polar surface area (TPSA) is 88.3 Å². The monoisotopic (exact) mass is 430 g/mol. The first kappa shape index (κ1) is 24.1. The molecular formula is C23H34N4O4. The number of ether oxygens (including phenoxy) is 2. The number of amides is 1. The molecule has 0 spiro atoms. The molecule has 1 heterocycles. The summed E-state index contributed by atoms with van der Waals surface area (Å²) in [6.07, 6.45) is 2.25. The second-order valence-corrected chi connectivity index (χ2v) is 7.27. The van der Waals surface area contributed by atoms with Crippen molar-refractivity contribution in [3.63, 3.8) is 0 Å². The van der Waals surface area contributed by atoms with Gasteiger partial charge in [-0.15, -0.1) is 0 Å². The maximum atomic E-state index is 12.1. The van der Waals surface area contributed by atoms with Crippen molar-refractivity contribution < 1.29 is 18.7 Å². The summed E-state index contributed by atoms with van der Waals surface area (Å²) < 4.78 is 16.0. The molecule has 0 bridgehead atoms. The number of carbonyl (C=O) groups excluding carboxylic acids is 1. The first-order chi connectivity index (χ1) is 14.9. The molecule has 2 aromatic rings. The smallest absolute Gasteiger partial charge is 0.287 e. The lowest BCUT2D eigenvalue weighted by atomic mass is 10.1. The first-order valence-corrected chi connectivity index (χ1v) is 10.4. The lowest BCUT2D eigenvalue weighted by Gasteiger charge is -2.23. The zero-order valence-electron chi connectivity index (χ0n) is 19.4. The predicted molar refractivity (Wildman–Crippen MR) is 122 cm³/mol. The molecule has 8 nitrogen and oxygen atoms in total. The van der Waals surface area contributed by atoms with E-state index in [-0.39, 0.29) is 5.91 Å². The summed E-state index contributed by atoms with van der Waals surface area (Å²) in [5.74, 6) is 2.41. The van der Waals surface area contributed by atoms with Gasteiger partial charge in [-0.3, -0.25) is 9.79 Å². The van der Waals surface area contributed by atoms with Gasteiger partial charge in [0.25, 0.3) is 5.91 Å². The molecule has 1 aromatic carbocycles. The second-order valence-electron chi connectivity index (χ2n) is 7.27. The molecule has 170 valence electrons. The van der Waals surface area contributed by atoms with Gasteiger partial charge in [0.05, 0.1) is 20.5 Å². The largest absolute Gasteiger partial charge is 0.493 e. The Labute approximate surface area is 184 Å². The van der Waals surface area contributed by atoms with Gasteiger partial charge in [0, 0.05) is 38.8 Å². The highest BCUT2D eigenvalue weighted by Gasteiger charge is 2.13. The Morgan fingerprint density at radius 3 is 2.45 bits per heavy atom. The second kappa shape index (κ2) is 11.9. The Kier molecular flexibility index (Phi) is 9.24. The van der Waals surface area contributed by atoms with Crippen molar-refractivity contribution >= 4 is 11.9 Å². The fourth-order valence-electron chi connectivity index (χ4n) is 3.14. The number of nitrogens with one attached hydrogen (secondary N) is 2. The molecule has 1 aromatic heterocycles. The number of guanidine groups is 1. The number of carbonyl (C=O) groups is 1. The molecule has 0 unspecified atom stereocenters. The lowest BCUT2D eigenvalue weighted by Crippen LogP contribution is -2.38. The molecule has 8 heteroatoms. The Balaban J connectivity index is 1.94. The Morgan fingerprint density at radius 1 is 1.13 bits per heavy atom. The van der Waals surface area contributed by atoms with Crippen LogP contribution < -0.4 is 20.1 Å². The molecule has 0 saturated heterocycles. The number of benzene rings is 1. The van der Waals surface area contributed by atoms with Crippen molar-refractivity contribution in [1.82, 2.24) is 15.5 Å². The molecule has 2 N–H and O–H groups in total. The number of aliphatic imine (C=N–C) groups is 1. The van der Waals surface area contributed by atoms with Gasteiger partial charge in [-0.1, -0.05) is 0 Å². The number of rotatable bonds is 10. The van der Waals surface area contributed by atoms with Gasteiger partial charge in [-0.2, -0.15) is 0 Å². The van der Waals surface area contributed by atoms with E-state index >= 15 is 0 Å². The van der Waals surface area contributed by atoms with Gasteiger partial charge in [0.15, 0.2) is 23.2 Å². The number of furan rings is 1. The third kappa shape index (κ3) is 6.67. The number of nitrogens with zero attached hydrogens (tertiary/aromatic N) is 2. The van der Waals surface area contributed by atoms with Crippen LogP contribution in [-0.2, 0) is 6.54 Å². The van der Waals surface area contributed by atoms with Crippen molar-refractivity contribution in [2.75, 3.05) is 40.9 Å².